The first-order valence-corrected chi connectivity index (χ1v) is 6.73. The minimum Gasteiger partial charge on any atom is -0.480 e. The lowest BCUT2D eigenvalue weighted by Crippen LogP contribution is -2.49. The Morgan fingerprint density at radius 1 is 1.53 bits per heavy atom. The van der Waals surface area contributed by atoms with Gasteiger partial charge in [-0.3, -0.25) is 9.78 Å². The molecule has 5 heteroatoms. The van der Waals surface area contributed by atoms with Crippen LogP contribution in [0.3, 0.4) is 0 Å². The molecule has 4 nitrogen and oxygen atoms in total. The molecule has 0 aromatic carbocycles. The normalized spacial score (nSPS) is 13.9. The SMILES string of the molecule is CNC(=S)C(CCC(C)C)(C(=O)O)c1ccccn1. The second-order valence-corrected chi connectivity index (χ2v) is 5.35. The van der Waals surface area contributed by atoms with E-state index in [9.17, 15) is 9.90 Å². The van der Waals surface area contributed by atoms with Crippen molar-refractivity contribution in [1.82, 2.24) is 10.3 Å². The Morgan fingerprint density at radius 3 is 2.63 bits per heavy atom. The van der Waals surface area contributed by atoms with Crippen LogP contribution in [0.4, 0.5) is 0 Å². The summed E-state index contributed by atoms with van der Waals surface area (Å²) in [6.07, 6.45) is 2.81. The Kier molecular flexibility index (Phi) is 5.42. The Hall–Kier alpha value is -1.49. The van der Waals surface area contributed by atoms with Crippen molar-refractivity contribution in [2.75, 3.05) is 7.05 Å². The zero-order valence-electron chi connectivity index (χ0n) is 11.5. The number of hydrogen-bond acceptors (Lipinski definition) is 3. The Balaban J connectivity index is 3.28. The van der Waals surface area contributed by atoms with Gasteiger partial charge in [-0.1, -0.05) is 32.1 Å². The van der Waals surface area contributed by atoms with Crippen molar-refractivity contribution in [3.8, 4) is 0 Å². The van der Waals surface area contributed by atoms with E-state index in [-0.39, 0.29) is 0 Å². The fraction of sp³-hybridized carbons (Fsp3) is 0.500. The number of likely N-dealkylation sites (N-methyl/N-ethyl adjacent to an activating group) is 1. The molecule has 1 atom stereocenters. The number of hydrogen-bond donors (Lipinski definition) is 2. The maximum atomic E-state index is 11.9. The minimum absolute atomic E-state index is 0.305. The first-order chi connectivity index (χ1) is 8.95. The first-order valence-electron chi connectivity index (χ1n) is 6.32. The molecule has 1 aromatic heterocycles. The number of pyridine rings is 1. The molecule has 0 saturated carbocycles. The average Bonchev–Trinajstić information content (AvgIpc) is 2.39. The quantitative estimate of drug-likeness (QED) is 0.783. The largest absolute Gasteiger partial charge is 0.480 e. The van der Waals surface area contributed by atoms with Gasteiger partial charge >= 0.3 is 5.97 Å². The predicted molar refractivity (Wildman–Crippen MR) is 79.3 cm³/mol. The Bertz CT molecular complexity index is 448. The van der Waals surface area contributed by atoms with Gasteiger partial charge in [-0.2, -0.15) is 0 Å². The standard InChI is InChI=1S/C14H20N2O2S/c1-10(2)7-8-14(13(17)18,12(19)15-3)11-6-4-5-9-16-11/h4-6,9-10H,7-8H2,1-3H3,(H,15,19)(H,17,18). The van der Waals surface area contributed by atoms with Crippen LogP contribution in [0.5, 0.6) is 0 Å². The maximum absolute atomic E-state index is 11.9. The van der Waals surface area contributed by atoms with Crippen molar-refractivity contribution in [3.05, 3.63) is 30.1 Å². The number of carboxylic acids is 1. The number of nitrogens with zero attached hydrogens (tertiary/aromatic N) is 1. The molecule has 0 radical (unpaired) electrons. The third kappa shape index (κ3) is 3.29. The summed E-state index contributed by atoms with van der Waals surface area (Å²) in [4.78, 5) is 16.4. The molecule has 104 valence electrons. The van der Waals surface area contributed by atoms with Gasteiger partial charge in [-0.15, -0.1) is 0 Å². The molecule has 1 unspecified atom stereocenters. The van der Waals surface area contributed by atoms with E-state index in [1.54, 1.807) is 31.4 Å². The summed E-state index contributed by atoms with van der Waals surface area (Å²) in [5.74, 6) is -0.548. The van der Waals surface area contributed by atoms with Gasteiger partial charge in [0.1, 0.15) is 0 Å². The highest BCUT2D eigenvalue weighted by molar-refractivity contribution is 7.80. The summed E-state index contributed by atoms with van der Waals surface area (Å²) in [6, 6.07) is 5.27. The minimum atomic E-state index is -1.24. The lowest BCUT2D eigenvalue weighted by atomic mass is 9.77. The van der Waals surface area contributed by atoms with Gasteiger partial charge in [0, 0.05) is 13.2 Å². The maximum Gasteiger partial charge on any atom is 0.322 e. The number of thiocarbonyl (C=S) groups is 1. The molecule has 1 aromatic rings. The summed E-state index contributed by atoms with van der Waals surface area (Å²) in [5.41, 5.74) is -0.752. The Labute approximate surface area is 119 Å². The van der Waals surface area contributed by atoms with Crippen LogP contribution in [0.1, 0.15) is 32.4 Å². The van der Waals surface area contributed by atoms with Crippen LogP contribution >= 0.6 is 12.2 Å². The molecule has 1 heterocycles. The van der Waals surface area contributed by atoms with Crippen molar-refractivity contribution >= 4 is 23.2 Å². The van der Waals surface area contributed by atoms with E-state index in [4.69, 9.17) is 12.2 Å². The summed E-state index contributed by atoms with van der Waals surface area (Å²) < 4.78 is 0. The smallest absolute Gasteiger partial charge is 0.322 e. The van der Waals surface area contributed by atoms with Crippen LogP contribution in [0, 0.1) is 5.92 Å². The highest BCUT2D eigenvalue weighted by Gasteiger charge is 2.45. The zero-order chi connectivity index (χ0) is 14.5. The van der Waals surface area contributed by atoms with Crippen molar-refractivity contribution in [1.29, 1.82) is 0 Å². The second kappa shape index (κ2) is 6.61. The summed E-state index contributed by atoms with van der Waals surface area (Å²) in [5, 5.41) is 12.5. The number of rotatable bonds is 6. The first kappa shape index (κ1) is 15.6. The average molecular weight is 280 g/mol. The highest BCUT2D eigenvalue weighted by Crippen LogP contribution is 2.31. The van der Waals surface area contributed by atoms with Gasteiger partial charge in [0.15, 0.2) is 5.41 Å². The molecule has 0 aliphatic heterocycles. The zero-order valence-corrected chi connectivity index (χ0v) is 12.3. The molecule has 0 saturated heterocycles. The predicted octanol–water partition coefficient (Wildman–Crippen LogP) is 2.39. The molecule has 0 bridgehead atoms. The van der Waals surface area contributed by atoms with Crippen molar-refractivity contribution in [2.45, 2.75) is 32.1 Å². The summed E-state index contributed by atoms with van der Waals surface area (Å²) in [7, 11) is 1.65. The van der Waals surface area contributed by atoms with Gasteiger partial charge in [0.05, 0.1) is 10.7 Å². The second-order valence-electron chi connectivity index (χ2n) is 4.94. The van der Waals surface area contributed by atoms with E-state index in [0.29, 0.717) is 23.0 Å². The van der Waals surface area contributed by atoms with E-state index < -0.39 is 11.4 Å². The van der Waals surface area contributed by atoms with Crippen LogP contribution in [0.25, 0.3) is 0 Å². The van der Waals surface area contributed by atoms with Crippen LogP contribution < -0.4 is 5.32 Å². The molecule has 0 aliphatic rings. The molecule has 19 heavy (non-hydrogen) atoms. The van der Waals surface area contributed by atoms with Gasteiger partial charge in [0.2, 0.25) is 0 Å². The van der Waals surface area contributed by atoms with Crippen LogP contribution in [-0.2, 0) is 10.2 Å². The lowest BCUT2D eigenvalue weighted by Gasteiger charge is -2.30. The van der Waals surface area contributed by atoms with Crippen LogP contribution in [0.15, 0.2) is 24.4 Å². The Morgan fingerprint density at radius 2 is 2.21 bits per heavy atom. The van der Waals surface area contributed by atoms with E-state index in [2.05, 4.69) is 24.1 Å². The van der Waals surface area contributed by atoms with Crippen molar-refractivity contribution < 1.29 is 9.90 Å². The van der Waals surface area contributed by atoms with E-state index in [0.717, 1.165) is 6.42 Å². The highest BCUT2D eigenvalue weighted by atomic mass is 32.1. The van der Waals surface area contributed by atoms with Crippen molar-refractivity contribution in [2.24, 2.45) is 5.92 Å². The third-order valence-corrected chi connectivity index (χ3v) is 3.73. The molecule has 0 fully saturated rings. The van der Waals surface area contributed by atoms with Gasteiger partial charge in [-0.05, 0) is 30.9 Å². The third-order valence-electron chi connectivity index (χ3n) is 3.18. The van der Waals surface area contributed by atoms with Gasteiger partial charge < -0.3 is 10.4 Å². The number of nitrogens with one attached hydrogen (secondary N) is 1. The molecular formula is C14H20N2O2S. The fourth-order valence-electron chi connectivity index (χ4n) is 2.01. The molecule has 0 aliphatic carbocycles. The molecule has 0 amide bonds. The lowest BCUT2D eigenvalue weighted by molar-refractivity contribution is -0.141. The molecule has 1 rings (SSSR count). The summed E-state index contributed by atoms with van der Waals surface area (Å²) >= 11 is 5.27. The monoisotopic (exact) mass is 280 g/mol. The van der Waals surface area contributed by atoms with Crippen LogP contribution in [0.2, 0.25) is 0 Å². The molecule has 2 N–H and O–H groups in total. The number of aromatic nitrogens is 1. The topological polar surface area (TPSA) is 62.2 Å². The summed E-state index contributed by atoms with van der Waals surface area (Å²) in [6.45, 7) is 4.13. The number of carboxylic acid groups (broad SMARTS) is 1. The van der Waals surface area contributed by atoms with Crippen LogP contribution in [-0.4, -0.2) is 28.1 Å². The number of aliphatic carboxylic acids is 1. The van der Waals surface area contributed by atoms with E-state index in [1.807, 2.05) is 0 Å². The van der Waals surface area contributed by atoms with Gasteiger partial charge in [0.25, 0.3) is 0 Å². The fourth-order valence-corrected chi connectivity index (χ4v) is 2.30. The van der Waals surface area contributed by atoms with Crippen molar-refractivity contribution in [3.63, 3.8) is 0 Å². The van der Waals surface area contributed by atoms with Gasteiger partial charge in [-0.25, -0.2) is 0 Å². The molecule has 0 spiro atoms. The molecular weight excluding hydrogens is 260 g/mol. The van der Waals surface area contributed by atoms with E-state index in [1.165, 1.54) is 0 Å². The van der Waals surface area contributed by atoms with E-state index >= 15 is 0 Å². The number of carbonyl (C=O) groups is 1.